The maximum atomic E-state index is 9.78. The van der Waals surface area contributed by atoms with E-state index >= 15 is 0 Å². The molecule has 0 radical (unpaired) electrons. The van der Waals surface area contributed by atoms with Gasteiger partial charge in [0.1, 0.15) is 5.75 Å². The van der Waals surface area contributed by atoms with E-state index in [1.807, 2.05) is 24.3 Å². The number of hydrogen-bond acceptors (Lipinski definition) is 2. The molecule has 0 aliphatic heterocycles. The van der Waals surface area contributed by atoms with Crippen LogP contribution in [0.2, 0.25) is 5.02 Å². The van der Waals surface area contributed by atoms with Crippen molar-refractivity contribution in [3.63, 3.8) is 0 Å². The van der Waals surface area contributed by atoms with Crippen LogP contribution in [0.25, 0.3) is 0 Å². The van der Waals surface area contributed by atoms with Crippen LogP contribution in [0.15, 0.2) is 29.8 Å². The Morgan fingerprint density at radius 2 is 2.22 bits per heavy atom. The number of rotatable bonds is 3. The molecule has 0 fully saturated rings. The van der Waals surface area contributed by atoms with Gasteiger partial charge in [0.25, 0.3) is 0 Å². The van der Waals surface area contributed by atoms with Gasteiger partial charge in [-0.3, -0.25) is 0 Å². The van der Waals surface area contributed by atoms with Crippen LogP contribution in [-0.2, 0) is 6.42 Å². The van der Waals surface area contributed by atoms with Crippen LogP contribution >= 0.6 is 11.6 Å². The average molecular weight is 267 g/mol. The summed E-state index contributed by atoms with van der Waals surface area (Å²) in [5.41, 5.74) is 2.37. The summed E-state index contributed by atoms with van der Waals surface area (Å²) in [5, 5.41) is 10.5. The largest absolute Gasteiger partial charge is 0.496 e. The zero-order valence-corrected chi connectivity index (χ0v) is 11.4. The van der Waals surface area contributed by atoms with Crippen LogP contribution in [0.4, 0.5) is 0 Å². The molecular weight excluding hydrogens is 248 g/mol. The summed E-state index contributed by atoms with van der Waals surface area (Å²) in [6.45, 7) is 0. The molecular formula is C15H19ClO2. The number of allylic oxidation sites excluding steroid dienone is 1. The van der Waals surface area contributed by atoms with Gasteiger partial charge in [0.05, 0.1) is 13.2 Å². The van der Waals surface area contributed by atoms with Crippen LogP contribution in [0.5, 0.6) is 5.75 Å². The lowest BCUT2D eigenvalue weighted by Gasteiger charge is -2.11. The monoisotopic (exact) mass is 266 g/mol. The minimum Gasteiger partial charge on any atom is -0.496 e. The van der Waals surface area contributed by atoms with Crippen LogP contribution in [-0.4, -0.2) is 18.3 Å². The van der Waals surface area contributed by atoms with E-state index in [-0.39, 0.29) is 6.10 Å². The predicted molar refractivity (Wildman–Crippen MR) is 74.3 cm³/mol. The van der Waals surface area contributed by atoms with Gasteiger partial charge in [-0.25, -0.2) is 0 Å². The standard InChI is InChI=1S/C15H19ClO2/c1-18-15-7-6-13(16)10-12(15)8-11-4-2-3-5-14(17)9-11/h6-7,9-10,14,17H,2-5,8H2,1H3. The Hall–Kier alpha value is -0.990. The first kappa shape index (κ1) is 13.4. The summed E-state index contributed by atoms with van der Waals surface area (Å²) in [7, 11) is 1.67. The minimum atomic E-state index is -0.298. The highest BCUT2D eigenvalue weighted by Crippen LogP contribution is 2.28. The highest BCUT2D eigenvalue weighted by atomic mass is 35.5. The third-order valence-electron chi connectivity index (χ3n) is 3.34. The van der Waals surface area contributed by atoms with Crippen molar-refractivity contribution in [2.75, 3.05) is 7.11 Å². The topological polar surface area (TPSA) is 29.5 Å². The lowest BCUT2D eigenvalue weighted by molar-refractivity contribution is 0.211. The molecule has 0 saturated heterocycles. The van der Waals surface area contributed by atoms with Crippen molar-refractivity contribution in [3.8, 4) is 5.75 Å². The summed E-state index contributed by atoms with van der Waals surface area (Å²) in [6, 6.07) is 5.67. The third kappa shape index (κ3) is 3.50. The zero-order chi connectivity index (χ0) is 13.0. The zero-order valence-electron chi connectivity index (χ0n) is 10.7. The molecule has 0 amide bonds. The maximum Gasteiger partial charge on any atom is 0.122 e. The van der Waals surface area contributed by atoms with Crippen molar-refractivity contribution in [1.29, 1.82) is 0 Å². The Labute approximate surface area is 113 Å². The third-order valence-corrected chi connectivity index (χ3v) is 3.57. The molecule has 0 heterocycles. The van der Waals surface area contributed by atoms with Crippen molar-refractivity contribution < 1.29 is 9.84 Å². The summed E-state index contributed by atoms with van der Waals surface area (Å²) in [6.07, 6.45) is 6.66. The second-order valence-electron chi connectivity index (χ2n) is 4.77. The molecule has 98 valence electrons. The first-order valence-electron chi connectivity index (χ1n) is 6.39. The van der Waals surface area contributed by atoms with Gasteiger partial charge in [0.2, 0.25) is 0 Å². The van der Waals surface area contributed by atoms with Gasteiger partial charge in [-0.15, -0.1) is 0 Å². The van der Waals surface area contributed by atoms with Crippen molar-refractivity contribution in [1.82, 2.24) is 0 Å². The van der Waals surface area contributed by atoms with E-state index in [2.05, 4.69) is 0 Å². The fourth-order valence-corrected chi connectivity index (χ4v) is 2.62. The second-order valence-corrected chi connectivity index (χ2v) is 5.21. The number of halogens is 1. The van der Waals surface area contributed by atoms with Gasteiger partial charge in [-0.2, -0.15) is 0 Å². The summed E-state index contributed by atoms with van der Waals surface area (Å²) in [4.78, 5) is 0. The fraction of sp³-hybridized carbons (Fsp3) is 0.467. The average Bonchev–Trinajstić information content (AvgIpc) is 2.54. The second kappa shape index (κ2) is 6.26. The lowest BCUT2D eigenvalue weighted by atomic mass is 10.0. The Bertz CT molecular complexity index is 440. The molecule has 1 aromatic rings. The van der Waals surface area contributed by atoms with Crippen LogP contribution < -0.4 is 4.74 Å². The molecule has 1 aliphatic carbocycles. The Kier molecular flexibility index (Phi) is 4.67. The number of hydrogen-bond donors (Lipinski definition) is 1. The molecule has 2 nitrogen and oxygen atoms in total. The van der Waals surface area contributed by atoms with Crippen molar-refractivity contribution in [2.45, 2.75) is 38.2 Å². The quantitative estimate of drug-likeness (QED) is 0.845. The predicted octanol–water partition coefficient (Wildman–Crippen LogP) is 3.75. The van der Waals surface area contributed by atoms with E-state index in [0.29, 0.717) is 0 Å². The molecule has 1 unspecified atom stereocenters. The van der Waals surface area contributed by atoms with E-state index in [9.17, 15) is 5.11 Å². The molecule has 2 rings (SSSR count). The summed E-state index contributed by atoms with van der Waals surface area (Å²) >= 11 is 6.03. The summed E-state index contributed by atoms with van der Waals surface area (Å²) in [5.74, 6) is 0.860. The lowest BCUT2D eigenvalue weighted by Crippen LogP contribution is -2.01. The van der Waals surface area contributed by atoms with Crippen molar-refractivity contribution in [2.24, 2.45) is 0 Å². The van der Waals surface area contributed by atoms with Crippen LogP contribution in [0.1, 0.15) is 31.2 Å². The first-order chi connectivity index (χ1) is 8.69. The normalized spacial score (nSPS) is 20.2. The smallest absolute Gasteiger partial charge is 0.122 e. The SMILES string of the molecule is COc1ccc(Cl)cc1CC1=CC(O)CCCC1. The number of benzene rings is 1. The maximum absolute atomic E-state index is 9.78. The molecule has 0 bridgehead atoms. The molecule has 0 aromatic heterocycles. The van der Waals surface area contributed by atoms with E-state index < -0.39 is 0 Å². The number of ether oxygens (including phenoxy) is 1. The van der Waals surface area contributed by atoms with E-state index in [0.717, 1.165) is 48.4 Å². The van der Waals surface area contributed by atoms with Crippen LogP contribution in [0.3, 0.4) is 0 Å². The van der Waals surface area contributed by atoms with Gasteiger partial charge in [-0.05, 0) is 49.4 Å². The number of aliphatic hydroxyl groups is 1. The van der Waals surface area contributed by atoms with E-state index in [1.165, 1.54) is 5.57 Å². The fourth-order valence-electron chi connectivity index (χ4n) is 2.42. The molecule has 1 atom stereocenters. The van der Waals surface area contributed by atoms with Crippen LogP contribution in [0, 0.1) is 0 Å². The molecule has 18 heavy (non-hydrogen) atoms. The molecule has 3 heteroatoms. The molecule has 1 aliphatic rings. The highest BCUT2D eigenvalue weighted by molar-refractivity contribution is 6.30. The Balaban J connectivity index is 2.19. The van der Waals surface area contributed by atoms with Gasteiger partial charge >= 0.3 is 0 Å². The molecule has 0 spiro atoms. The Morgan fingerprint density at radius 3 is 3.00 bits per heavy atom. The molecule has 0 saturated carbocycles. The van der Waals surface area contributed by atoms with E-state index in [1.54, 1.807) is 7.11 Å². The van der Waals surface area contributed by atoms with Gasteiger partial charge in [0.15, 0.2) is 0 Å². The molecule has 1 aromatic carbocycles. The van der Waals surface area contributed by atoms with Gasteiger partial charge < -0.3 is 9.84 Å². The number of methoxy groups -OCH3 is 1. The highest BCUT2D eigenvalue weighted by Gasteiger charge is 2.12. The number of aliphatic hydroxyl groups excluding tert-OH is 1. The molecule has 1 N–H and O–H groups in total. The van der Waals surface area contributed by atoms with Gasteiger partial charge in [-0.1, -0.05) is 29.7 Å². The van der Waals surface area contributed by atoms with Crippen molar-refractivity contribution in [3.05, 3.63) is 40.4 Å². The minimum absolute atomic E-state index is 0.298. The Morgan fingerprint density at radius 1 is 1.39 bits per heavy atom. The van der Waals surface area contributed by atoms with Gasteiger partial charge in [0, 0.05) is 5.02 Å². The summed E-state index contributed by atoms with van der Waals surface area (Å²) < 4.78 is 5.35. The van der Waals surface area contributed by atoms with Crippen molar-refractivity contribution >= 4 is 11.6 Å². The van der Waals surface area contributed by atoms with E-state index in [4.69, 9.17) is 16.3 Å². The first-order valence-corrected chi connectivity index (χ1v) is 6.77.